The smallest absolute Gasteiger partial charge is 0.257 e. The van der Waals surface area contributed by atoms with E-state index in [1.54, 1.807) is 18.2 Å². The summed E-state index contributed by atoms with van der Waals surface area (Å²) in [7, 11) is 0. The van der Waals surface area contributed by atoms with Crippen LogP contribution in [0.3, 0.4) is 0 Å². The highest BCUT2D eigenvalue weighted by molar-refractivity contribution is 7.80. The lowest BCUT2D eigenvalue weighted by atomic mass is 10.0. The lowest BCUT2D eigenvalue weighted by Crippen LogP contribution is -2.22. The number of hydrogen-bond acceptors (Lipinski definition) is 2. The van der Waals surface area contributed by atoms with E-state index in [-0.39, 0.29) is 11.0 Å². The third-order valence-electron chi connectivity index (χ3n) is 3.26. The van der Waals surface area contributed by atoms with Crippen LogP contribution in [0, 0.1) is 0 Å². The summed E-state index contributed by atoms with van der Waals surface area (Å²) in [5.74, 6) is 0.119. The van der Waals surface area contributed by atoms with Gasteiger partial charge in [-0.25, -0.2) is 0 Å². The molecule has 0 atom stereocenters. The van der Waals surface area contributed by atoms with Crippen molar-refractivity contribution < 1.29 is 4.79 Å². The van der Waals surface area contributed by atoms with Crippen LogP contribution in [0.1, 0.15) is 35.7 Å². The Balaban J connectivity index is 2.29. The van der Waals surface area contributed by atoms with Crippen LogP contribution >= 0.6 is 12.2 Å². The number of rotatable bonds is 4. The van der Waals surface area contributed by atoms with E-state index >= 15 is 0 Å². The van der Waals surface area contributed by atoms with Crippen molar-refractivity contribution in [2.75, 3.05) is 10.6 Å². The second kappa shape index (κ2) is 7.04. The van der Waals surface area contributed by atoms with Crippen LogP contribution in [-0.2, 0) is 0 Å². The molecule has 2 aromatic carbocycles. The lowest BCUT2D eigenvalue weighted by Gasteiger charge is -2.15. The average Bonchev–Trinajstić information content (AvgIpc) is 2.47. The first-order chi connectivity index (χ1) is 10.5. The fourth-order valence-corrected chi connectivity index (χ4v) is 2.34. The molecule has 5 heteroatoms. The molecule has 2 rings (SSSR count). The SMILES string of the molecule is CC(C)c1ccccc1NC(=O)c1ccccc1NC(N)=S. The van der Waals surface area contributed by atoms with Crippen LogP contribution in [0.4, 0.5) is 11.4 Å². The van der Waals surface area contributed by atoms with Crippen molar-refractivity contribution in [3.63, 3.8) is 0 Å². The maximum atomic E-state index is 12.6. The second-order valence-corrected chi connectivity index (χ2v) is 5.67. The Hall–Kier alpha value is -2.40. The lowest BCUT2D eigenvalue weighted by molar-refractivity contribution is 0.102. The average molecular weight is 313 g/mol. The fourth-order valence-electron chi connectivity index (χ4n) is 2.23. The molecule has 1 amide bonds. The van der Waals surface area contributed by atoms with Crippen LogP contribution in [0.25, 0.3) is 0 Å². The van der Waals surface area contributed by atoms with Crippen LogP contribution in [0.5, 0.6) is 0 Å². The molecule has 0 aliphatic rings. The number of amides is 1. The minimum absolute atomic E-state index is 0.128. The molecular formula is C17H19N3OS. The molecule has 0 fully saturated rings. The first-order valence-corrected chi connectivity index (χ1v) is 7.45. The van der Waals surface area contributed by atoms with Gasteiger partial charge in [0.25, 0.3) is 5.91 Å². The van der Waals surface area contributed by atoms with E-state index in [9.17, 15) is 4.79 Å². The van der Waals surface area contributed by atoms with Crippen molar-refractivity contribution >= 4 is 34.6 Å². The number of nitrogens with two attached hydrogens (primary N) is 1. The fraction of sp³-hybridized carbons (Fsp3) is 0.176. The quantitative estimate of drug-likeness (QED) is 0.753. The molecule has 0 aliphatic heterocycles. The molecule has 0 saturated heterocycles. The molecule has 0 radical (unpaired) electrons. The summed E-state index contributed by atoms with van der Waals surface area (Å²) in [6.45, 7) is 4.18. The predicted molar refractivity (Wildman–Crippen MR) is 95.3 cm³/mol. The molecule has 0 unspecified atom stereocenters. The zero-order valence-electron chi connectivity index (χ0n) is 12.6. The van der Waals surface area contributed by atoms with Gasteiger partial charge in [0.15, 0.2) is 5.11 Å². The minimum atomic E-state index is -0.201. The number of benzene rings is 2. The minimum Gasteiger partial charge on any atom is -0.376 e. The largest absolute Gasteiger partial charge is 0.376 e. The summed E-state index contributed by atoms with van der Waals surface area (Å²) in [5.41, 5.74) is 8.49. The summed E-state index contributed by atoms with van der Waals surface area (Å²) in [6.07, 6.45) is 0. The number of para-hydroxylation sites is 2. The van der Waals surface area contributed by atoms with E-state index in [2.05, 4.69) is 24.5 Å². The summed E-state index contributed by atoms with van der Waals surface area (Å²) >= 11 is 4.84. The Morgan fingerprint density at radius 1 is 1.00 bits per heavy atom. The van der Waals surface area contributed by atoms with Crippen LogP contribution in [-0.4, -0.2) is 11.0 Å². The molecular weight excluding hydrogens is 294 g/mol. The van der Waals surface area contributed by atoms with Crippen LogP contribution in [0.15, 0.2) is 48.5 Å². The molecule has 0 heterocycles. The standard InChI is InChI=1S/C17H19N3OS/c1-11(2)12-7-3-5-9-14(12)19-16(21)13-8-4-6-10-15(13)20-17(18)22/h3-11H,1-2H3,(H,19,21)(H3,18,20,22). The molecule has 0 aromatic heterocycles. The number of hydrogen-bond donors (Lipinski definition) is 3. The van der Waals surface area contributed by atoms with Gasteiger partial charge in [-0.2, -0.15) is 0 Å². The highest BCUT2D eigenvalue weighted by Crippen LogP contribution is 2.25. The summed E-state index contributed by atoms with van der Waals surface area (Å²) < 4.78 is 0. The topological polar surface area (TPSA) is 67.2 Å². The second-order valence-electron chi connectivity index (χ2n) is 5.23. The number of carbonyl (C=O) groups excluding carboxylic acids is 1. The third kappa shape index (κ3) is 3.83. The van der Waals surface area contributed by atoms with Crippen molar-refractivity contribution in [3.05, 3.63) is 59.7 Å². The summed E-state index contributed by atoms with van der Waals surface area (Å²) in [5, 5.41) is 5.91. The molecule has 0 aliphatic carbocycles. The summed E-state index contributed by atoms with van der Waals surface area (Å²) in [4.78, 5) is 12.6. The first kappa shape index (κ1) is 16.0. The van der Waals surface area contributed by atoms with Crippen LogP contribution in [0.2, 0.25) is 0 Å². The van der Waals surface area contributed by atoms with Gasteiger partial charge >= 0.3 is 0 Å². The van der Waals surface area contributed by atoms with Crippen molar-refractivity contribution in [2.24, 2.45) is 5.73 Å². The molecule has 0 saturated carbocycles. The highest BCUT2D eigenvalue weighted by atomic mass is 32.1. The molecule has 4 N–H and O–H groups in total. The Bertz CT molecular complexity index is 698. The Kier molecular flexibility index (Phi) is 5.12. The highest BCUT2D eigenvalue weighted by Gasteiger charge is 2.14. The molecule has 4 nitrogen and oxygen atoms in total. The number of anilines is 2. The van der Waals surface area contributed by atoms with Gasteiger partial charge < -0.3 is 16.4 Å². The number of carbonyl (C=O) groups is 1. The van der Waals surface area contributed by atoms with Gasteiger partial charge in [-0.15, -0.1) is 0 Å². The van der Waals surface area contributed by atoms with Gasteiger partial charge in [-0.1, -0.05) is 44.2 Å². The molecule has 2 aromatic rings. The maximum Gasteiger partial charge on any atom is 0.257 e. The molecule has 0 spiro atoms. The van der Waals surface area contributed by atoms with Crippen molar-refractivity contribution in [2.45, 2.75) is 19.8 Å². The third-order valence-corrected chi connectivity index (χ3v) is 3.36. The molecule has 22 heavy (non-hydrogen) atoms. The number of thiocarbonyl (C=S) groups is 1. The van der Waals surface area contributed by atoms with Gasteiger partial charge in [-0.05, 0) is 41.9 Å². The van der Waals surface area contributed by atoms with E-state index in [1.165, 1.54) is 0 Å². The van der Waals surface area contributed by atoms with Crippen LogP contribution < -0.4 is 16.4 Å². The van der Waals surface area contributed by atoms with Crippen molar-refractivity contribution in [1.82, 2.24) is 0 Å². The van der Waals surface area contributed by atoms with Crippen molar-refractivity contribution in [1.29, 1.82) is 0 Å². The normalized spacial score (nSPS) is 10.3. The van der Waals surface area contributed by atoms with Gasteiger partial charge in [-0.3, -0.25) is 4.79 Å². The first-order valence-electron chi connectivity index (χ1n) is 7.04. The predicted octanol–water partition coefficient (Wildman–Crippen LogP) is 3.72. The monoisotopic (exact) mass is 313 g/mol. The van der Waals surface area contributed by atoms with Gasteiger partial charge in [0.05, 0.1) is 11.3 Å². The Morgan fingerprint density at radius 2 is 1.59 bits per heavy atom. The van der Waals surface area contributed by atoms with E-state index in [1.807, 2.05) is 30.3 Å². The van der Waals surface area contributed by atoms with Gasteiger partial charge in [0.1, 0.15) is 0 Å². The molecule has 114 valence electrons. The summed E-state index contributed by atoms with van der Waals surface area (Å²) in [6, 6.07) is 14.9. The zero-order chi connectivity index (χ0) is 16.1. The number of nitrogens with one attached hydrogen (secondary N) is 2. The van der Waals surface area contributed by atoms with E-state index < -0.39 is 0 Å². The van der Waals surface area contributed by atoms with E-state index in [0.29, 0.717) is 17.2 Å². The Labute approximate surface area is 135 Å². The van der Waals surface area contributed by atoms with Gasteiger partial charge in [0, 0.05) is 5.69 Å². The van der Waals surface area contributed by atoms with E-state index in [0.717, 1.165) is 11.3 Å². The van der Waals surface area contributed by atoms with E-state index in [4.69, 9.17) is 18.0 Å². The van der Waals surface area contributed by atoms with Gasteiger partial charge in [0.2, 0.25) is 0 Å². The van der Waals surface area contributed by atoms with Crippen molar-refractivity contribution in [3.8, 4) is 0 Å². The Morgan fingerprint density at radius 3 is 2.23 bits per heavy atom. The zero-order valence-corrected chi connectivity index (χ0v) is 13.4. The molecule has 0 bridgehead atoms. The maximum absolute atomic E-state index is 12.6.